The maximum atomic E-state index is 6.03. The Bertz CT molecular complexity index is 394. The molecule has 1 heterocycles. The fourth-order valence-electron chi connectivity index (χ4n) is 3.60. The van der Waals surface area contributed by atoms with Crippen molar-refractivity contribution in [1.82, 2.24) is 4.90 Å². The Kier molecular flexibility index (Phi) is 5.27. The Morgan fingerprint density at radius 2 is 2.10 bits per heavy atom. The van der Waals surface area contributed by atoms with E-state index in [0.717, 1.165) is 19.0 Å². The number of hydrogen-bond acceptors (Lipinski definition) is 3. The summed E-state index contributed by atoms with van der Waals surface area (Å²) >= 11 is 1.79. The third-order valence-corrected chi connectivity index (χ3v) is 5.79. The van der Waals surface area contributed by atoms with Gasteiger partial charge < -0.3 is 5.73 Å². The first-order valence-electron chi connectivity index (χ1n) is 7.83. The van der Waals surface area contributed by atoms with Crippen LogP contribution in [0.25, 0.3) is 0 Å². The van der Waals surface area contributed by atoms with Crippen LogP contribution in [-0.4, -0.2) is 24.5 Å². The summed E-state index contributed by atoms with van der Waals surface area (Å²) in [5.74, 6) is 1.48. The monoisotopic (exact) mass is 294 g/mol. The molecule has 2 N–H and O–H groups in total. The summed E-state index contributed by atoms with van der Waals surface area (Å²) in [4.78, 5) is 2.54. The lowest BCUT2D eigenvalue weighted by molar-refractivity contribution is 0.0556. The Labute approximate surface area is 128 Å². The van der Waals surface area contributed by atoms with Crippen LogP contribution < -0.4 is 5.73 Å². The van der Waals surface area contributed by atoms with Crippen molar-refractivity contribution in [2.75, 3.05) is 13.6 Å². The van der Waals surface area contributed by atoms with E-state index in [9.17, 15) is 0 Å². The fourth-order valence-corrected chi connectivity index (χ4v) is 4.26. The zero-order chi connectivity index (χ0) is 14.8. The molecule has 0 bridgehead atoms. The molecule has 3 unspecified atom stereocenters. The second-order valence-corrected chi connectivity index (χ2v) is 8.27. The van der Waals surface area contributed by atoms with Crippen molar-refractivity contribution in [3.63, 3.8) is 0 Å². The van der Waals surface area contributed by atoms with Crippen LogP contribution in [0.1, 0.15) is 45.6 Å². The first-order valence-corrected chi connectivity index (χ1v) is 8.77. The lowest BCUT2D eigenvalue weighted by Gasteiger charge is -2.45. The summed E-state index contributed by atoms with van der Waals surface area (Å²) < 4.78 is 0. The fraction of sp³-hybridized carbons (Fsp3) is 0.765. The van der Waals surface area contributed by atoms with Crippen molar-refractivity contribution in [2.45, 2.75) is 52.6 Å². The van der Waals surface area contributed by atoms with Crippen LogP contribution in [0.15, 0.2) is 16.8 Å². The second kappa shape index (κ2) is 6.59. The van der Waals surface area contributed by atoms with E-state index in [0.29, 0.717) is 17.4 Å². The summed E-state index contributed by atoms with van der Waals surface area (Å²) in [6.07, 6.45) is 3.93. The van der Waals surface area contributed by atoms with E-state index in [1.165, 1.54) is 24.8 Å². The number of nitrogens with zero attached hydrogens (tertiary/aromatic N) is 1. The molecule has 1 aromatic rings. The predicted octanol–water partition coefficient (Wildman–Crippen LogP) is 3.97. The smallest absolute Gasteiger partial charge is 0.0242 e. The number of hydrogen-bond donors (Lipinski definition) is 1. The van der Waals surface area contributed by atoms with Gasteiger partial charge in [-0.2, -0.15) is 11.3 Å². The number of thiophene rings is 1. The highest BCUT2D eigenvalue weighted by atomic mass is 32.1. The third kappa shape index (κ3) is 3.84. The van der Waals surface area contributed by atoms with Gasteiger partial charge in [0.1, 0.15) is 0 Å². The lowest BCUT2D eigenvalue weighted by Crippen LogP contribution is -2.46. The minimum absolute atomic E-state index is 0.418. The Hall–Kier alpha value is -0.380. The van der Waals surface area contributed by atoms with Gasteiger partial charge in [-0.05, 0) is 72.5 Å². The van der Waals surface area contributed by atoms with E-state index in [-0.39, 0.29) is 0 Å². The van der Waals surface area contributed by atoms with Gasteiger partial charge in [0.15, 0.2) is 0 Å². The van der Waals surface area contributed by atoms with Gasteiger partial charge in [-0.15, -0.1) is 0 Å². The van der Waals surface area contributed by atoms with Crippen LogP contribution in [0.3, 0.4) is 0 Å². The highest BCUT2D eigenvalue weighted by molar-refractivity contribution is 7.07. The molecular weight excluding hydrogens is 264 g/mol. The van der Waals surface area contributed by atoms with Crippen molar-refractivity contribution in [3.8, 4) is 0 Å². The summed E-state index contributed by atoms with van der Waals surface area (Å²) in [6, 6.07) is 2.88. The molecular formula is C17H30N2S. The summed E-state index contributed by atoms with van der Waals surface area (Å²) in [6.45, 7) is 9.04. The molecule has 0 amide bonds. The van der Waals surface area contributed by atoms with Gasteiger partial charge in [0.05, 0.1) is 0 Å². The molecule has 2 nitrogen and oxygen atoms in total. The van der Waals surface area contributed by atoms with Gasteiger partial charge >= 0.3 is 0 Å². The van der Waals surface area contributed by atoms with Crippen molar-refractivity contribution >= 4 is 11.3 Å². The molecule has 114 valence electrons. The molecule has 0 aliphatic heterocycles. The van der Waals surface area contributed by atoms with Crippen LogP contribution in [0.5, 0.6) is 0 Å². The van der Waals surface area contributed by atoms with E-state index in [4.69, 9.17) is 5.73 Å². The topological polar surface area (TPSA) is 29.3 Å². The standard InChI is InChI=1S/C17H30N2S/c1-17(2,3)15-6-5-14(10-18)16(9-15)19(4)11-13-7-8-20-12-13/h7-8,12,14-16H,5-6,9-11,18H2,1-4H3. The lowest BCUT2D eigenvalue weighted by atomic mass is 9.67. The van der Waals surface area contributed by atoms with Crippen LogP contribution in [-0.2, 0) is 6.54 Å². The van der Waals surface area contributed by atoms with E-state index < -0.39 is 0 Å². The minimum atomic E-state index is 0.418. The maximum absolute atomic E-state index is 6.03. The minimum Gasteiger partial charge on any atom is -0.330 e. The van der Waals surface area contributed by atoms with E-state index >= 15 is 0 Å². The van der Waals surface area contributed by atoms with Gasteiger partial charge in [-0.25, -0.2) is 0 Å². The largest absolute Gasteiger partial charge is 0.330 e. The van der Waals surface area contributed by atoms with Crippen molar-refractivity contribution in [2.24, 2.45) is 23.0 Å². The van der Waals surface area contributed by atoms with Gasteiger partial charge in [0.25, 0.3) is 0 Å². The normalized spacial score (nSPS) is 28.0. The quantitative estimate of drug-likeness (QED) is 0.910. The van der Waals surface area contributed by atoms with Gasteiger partial charge in [-0.3, -0.25) is 4.90 Å². The van der Waals surface area contributed by atoms with Gasteiger partial charge in [-0.1, -0.05) is 20.8 Å². The molecule has 1 aliphatic rings. The van der Waals surface area contributed by atoms with Gasteiger partial charge in [0.2, 0.25) is 0 Å². The molecule has 2 rings (SSSR count). The van der Waals surface area contributed by atoms with Crippen LogP contribution >= 0.6 is 11.3 Å². The zero-order valence-corrected chi connectivity index (χ0v) is 14.2. The molecule has 1 aliphatic carbocycles. The Morgan fingerprint density at radius 1 is 1.35 bits per heavy atom. The van der Waals surface area contributed by atoms with Crippen molar-refractivity contribution < 1.29 is 0 Å². The van der Waals surface area contributed by atoms with Gasteiger partial charge in [0, 0.05) is 12.6 Å². The number of rotatable bonds is 4. The van der Waals surface area contributed by atoms with Crippen LogP contribution in [0, 0.1) is 17.3 Å². The molecule has 1 saturated carbocycles. The molecule has 3 heteroatoms. The molecule has 20 heavy (non-hydrogen) atoms. The average Bonchev–Trinajstić information content (AvgIpc) is 2.89. The molecule has 0 saturated heterocycles. The van der Waals surface area contributed by atoms with Crippen molar-refractivity contribution in [1.29, 1.82) is 0 Å². The highest BCUT2D eigenvalue weighted by Gasteiger charge is 2.36. The van der Waals surface area contributed by atoms with E-state index in [2.05, 4.69) is 49.5 Å². The average molecular weight is 295 g/mol. The second-order valence-electron chi connectivity index (χ2n) is 7.49. The number of nitrogens with two attached hydrogens (primary N) is 1. The summed E-state index contributed by atoms with van der Waals surface area (Å²) in [5.41, 5.74) is 7.89. The summed E-state index contributed by atoms with van der Waals surface area (Å²) in [5, 5.41) is 4.43. The van der Waals surface area contributed by atoms with Crippen molar-refractivity contribution in [3.05, 3.63) is 22.4 Å². The first kappa shape index (κ1) is 16.0. The molecule has 0 radical (unpaired) electrons. The Balaban J connectivity index is 2.04. The third-order valence-electron chi connectivity index (χ3n) is 5.06. The molecule has 0 spiro atoms. The zero-order valence-electron chi connectivity index (χ0n) is 13.4. The SMILES string of the molecule is CN(Cc1ccsc1)C1CC(C(C)(C)C)CCC1CN. The predicted molar refractivity (Wildman–Crippen MR) is 88.9 cm³/mol. The molecule has 1 fully saturated rings. The molecule has 0 aromatic carbocycles. The van der Waals surface area contributed by atoms with E-state index in [1.54, 1.807) is 11.3 Å². The highest BCUT2D eigenvalue weighted by Crippen LogP contribution is 2.41. The Morgan fingerprint density at radius 3 is 2.65 bits per heavy atom. The summed E-state index contributed by atoms with van der Waals surface area (Å²) in [7, 11) is 2.27. The first-order chi connectivity index (χ1) is 9.41. The van der Waals surface area contributed by atoms with Crippen LogP contribution in [0.4, 0.5) is 0 Å². The molecule has 3 atom stereocenters. The van der Waals surface area contributed by atoms with Crippen LogP contribution in [0.2, 0.25) is 0 Å². The molecule has 1 aromatic heterocycles. The maximum Gasteiger partial charge on any atom is 0.0242 e. The van der Waals surface area contributed by atoms with E-state index in [1.807, 2.05) is 0 Å².